The molecule has 0 aliphatic heterocycles. The fraction of sp³-hybridized carbons (Fsp3) is 0.167. The van der Waals surface area contributed by atoms with Gasteiger partial charge in [-0.25, -0.2) is 4.79 Å². The normalized spacial score (nSPS) is 10.5. The smallest absolute Gasteiger partial charge is 0.341 e. The molecule has 0 fully saturated rings. The zero-order valence-corrected chi connectivity index (χ0v) is 9.40. The Morgan fingerprint density at radius 1 is 1.41 bits per heavy atom. The number of rotatable bonds is 2. The fourth-order valence-corrected chi connectivity index (χ4v) is 1.77. The molecule has 0 saturated heterocycles. The van der Waals surface area contributed by atoms with Crippen LogP contribution < -0.4 is 10.2 Å². The number of carbonyl (C=O) groups is 1. The van der Waals surface area contributed by atoms with E-state index in [2.05, 4.69) is 4.98 Å². The van der Waals surface area contributed by atoms with Gasteiger partial charge < -0.3 is 14.8 Å². The van der Waals surface area contributed by atoms with Crippen molar-refractivity contribution in [2.24, 2.45) is 0 Å². The van der Waals surface area contributed by atoms with Crippen LogP contribution in [0.4, 0.5) is 0 Å². The third kappa shape index (κ3) is 1.65. The van der Waals surface area contributed by atoms with E-state index in [0.717, 1.165) is 5.56 Å². The number of aromatic amines is 1. The van der Waals surface area contributed by atoms with Gasteiger partial charge in [-0.1, -0.05) is 6.07 Å². The summed E-state index contributed by atoms with van der Waals surface area (Å²) < 4.78 is 5.09. The largest absolute Gasteiger partial charge is 0.496 e. The molecule has 0 bridgehead atoms. The van der Waals surface area contributed by atoms with Gasteiger partial charge in [0.15, 0.2) is 0 Å². The SMILES string of the molecule is COc1ccc(C)c2[nH]cc(C(=O)O)c(=O)c12. The lowest BCUT2D eigenvalue weighted by Gasteiger charge is -2.07. The molecule has 88 valence electrons. The maximum atomic E-state index is 12.0. The summed E-state index contributed by atoms with van der Waals surface area (Å²) in [7, 11) is 1.44. The first-order valence-electron chi connectivity index (χ1n) is 4.98. The van der Waals surface area contributed by atoms with Crippen molar-refractivity contribution in [3.8, 4) is 5.75 Å². The summed E-state index contributed by atoms with van der Waals surface area (Å²) in [4.78, 5) is 25.7. The van der Waals surface area contributed by atoms with E-state index in [1.165, 1.54) is 13.3 Å². The Labute approximate surface area is 96.7 Å². The number of aromatic nitrogens is 1. The van der Waals surface area contributed by atoms with Gasteiger partial charge in [0.1, 0.15) is 11.3 Å². The number of carboxylic acid groups (broad SMARTS) is 1. The number of fused-ring (bicyclic) bond motifs is 1. The number of carboxylic acids is 1. The second kappa shape index (κ2) is 3.93. The quantitative estimate of drug-likeness (QED) is 0.824. The number of aromatic carboxylic acids is 1. The Hall–Kier alpha value is -2.30. The lowest BCUT2D eigenvalue weighted by Crippen LogP contribution is -2.16. The Bertz CT molecular complexity index is 657. The second-order valence-electron chi connectivity index (χ2n) is 3.67. The molecule has 1 aromatic carbocycles. The molecular formula is C12H11NO4. The second-order valence-corrected chi connectivity index (χ2v) is 3.67. The molecule has 0 atom stereocenters. The zero-order valence-electron chi connectivity index (χ0n) is 9.40. The van der Waals surface area contributed by atoms with E-state index in [4.69, 9.17) is 9.84 Å². The van der Waals surface area contributed by atoms with E-state index in [-0.39, 0.29) is 10.9 Å². The van der Waals surface area contributed by atoms with Crippen molar-refractivity contribution >= 4 is 16.9 Å². The number of nitrogens with one attached hydrogen (secondary N) is 1. The first-order chi connectivity index (χ1) is 8.06. The molecular weight excluding hydrogens is 222 g/mol. The van der Waals surface area contributed by atoms with Gasteiger partial charge in [0.25, 0.3) is 0 Å². The van der Waals surface area contributed by atoms with E-state index < -0.39 is 11.4 Å². The average molecular weight is 233 g/mol. The van der Waals surface area contributed by atoms with Crippen molar-refractivity contribution in [2.75, 3.05) is 7.11 Å². The summed E-state index contributed by atoms with van der Waals surface area (Å²) in [6.07, 6.45) is 1.21. The van der Waals surface area contributed by atoms with E-state index in [9.17, 15) is 9.59 Å². The molecule has 2 rings (SSSR count). The van der Waals surface area contributed by atoms with Gasteiger partial charge in [0, 0.05) is 6.20 Å². The molecule has 0 radical (unpaired) electrons. The molecule has 5 heteroatoms. The van der Waals surface area contributed by atoms with E-state index >= 15 is 0 Å². The average Bonchev–Trinajstić information content (AvgIpc) is 2.30. The molecule has 0 amide bonds. The van der Waals surface area contributed by atoms with Crippen LogP contribution in [0.3, 0.4) is 0 Å². The third-order valence-corrected chi connectivity index (χ3v) is 2.66. The molecule has 0 aliphatic carbocycles. The van der Waals surface area contributed by atoms with Crippen LogP contribution in [0.5, 0.6) is 5.75 Å². The number of H-pyrrole nitrogens is 1. The lowest BCUT2D eigenvalue weighted by atomic mass is 10.1. The number of hydrogen-bond acceptors (Lipinski definition) is 3. The molecule has 0 saturated carbocycles. The Balaban J connectivity index is 2.97. The lowest BCUT2D eigenvalue weighted by molar-refractivity contribution is 0.0695. The molecule has 0 spiro atoms. The van der Waals surface area contributed by atoms with Crippen LogP contribution in [-0.4, -0.2) is 23.2 Å². The predicted molar refractivity (Wildman–Crippen MR) is 62.8 cm³/mol. The van der Waals surface area contributed by atoms with Gasteiger partial charge in [-0.2, -0.15) is 0 Å². The minimum absolute atomic E-state index is 0.271. The van der Waals surface area contributed by atoms with Crippen LogP contribution in [0.1, 0.15) is 15.9 Å². The van der Waals surface area contributed by atoms with Gasteiger partial charge in [0.05, 0.1) is 18.0 Å². The van der Waals surface area contributed by atoms with E-state index in [1.807, 2.05) is 6.92 Å². The minimum atomic E-state index is -1.25. The zero-order chi connectivity index (χ0) is 12.6. The van der Waals surface area contributed by atoms with Crippen LogP contribution in [0.2, 0.25) is 0 Å². The molecule has 2 aromatic rings. The number of ether oxygens (including phenoxy) is 1. The van der Waals surface area contributed by atoms with Crippen molar-refractivity contribution in [2.45, 2.75) is 6.92 Å². The van der Waals surface area contributed by atoms with Gasteiger partial charge in [0.2, 0.25) is 5.43 Å². The van der Waals surface area contributed by atoms with Gasteiger partial charge in [-0.15, -0.1) is 0 Å². The standard InChI is InChI=1S/C12H11NO4/c1-6-3-4-8(17-2)9-10(6)13-5-7(11(9)14)12(15)16/h3-5H,1-2H3,(H,13,14)(H,15,16). The van der Waals surface area contributed by atoms with Crippen molar-refractivity contribution in [3.63, 3.8) is 0 Å². The summed E-state index contributed by atoms with van der Waals surface area (Å²) in [5.74, 6) is -0.883. The van der Waals surface area contributed by atoms with Crippen LogP contribution in [0, 0.1) is 6.92 Å². The van der Waals surface area contributed by atoms with E-state index in [0.29, 0.717) is 11.3 Å². The Kier molecular flexibility index (Phi) is 2.59. The van der Waals surface area contributed by atoms with Gasteiger partial charge >= 0.3 is 5.97 Å². The number of aryl methyl sites for hydroxylation is 1. The molecule has 1 heterocycles. The molecule has 2 N–H and O–H groups in total. The topological polar surface area (TPSA) is 79.4 Å². The fourth-order valence-electron chi connectivity index (χ4n) is 1.77. The van der Waals surface area contributed by atoms with Crippen LogP contribution in [-0.2, 0) is 0 Å². The Morgan fingerprint density at radius 2 is 2.12 bits per heavy atom. The van der Waals surface area contributed by atoms with Crippen LogP contribution in [0.25, 0.3) is 10.9 Å². The molecule has 0 unspecified atom stereocenters. The molecule has 17 heavy (non-hydrogen) atoms. The number of methoxy groups -OCH3 is 1. The Morgan fingerprint density at radius 3 is 2.71 bits per heavy atom. The minimum Gasteiger partial charge on any atom is -0.496 e. The highest BCUT2D eigenvalue weighted by atomic mass is 16.5. The molecule has 5 nitrogen and oxygen atoms in total. The summed E-state index contributed by atoms with van der Waals surface area (Å²) >= 11 is 0. The van der Waals surface area contributed by atoms with E-state index in [1.54, 1.807) is 12.1 Å². The summed E-state index contributed by atoms with van der Waals surface area (Å²) in [6.45, 7) is 1.83. The van der Waals surface area contributed by atoms with Crippen molar-refractivity contribution < 1.29 is 14.6 Å². The number of benzene rings is 1. The van der Waals surface area contributed by atoms with Gasteiger partial charge in [-0.05, 0) is 18.6 Å². The summed E-state index contributed by atoms with van der Waals surface area (Å²) in [6, 6.07) is 3.45. The van der Waals surface area contributed by atoms with Gasteiger partial charge in [-0.3, -0.25) is 4.79 Å². The molecule has 1 aromatic heterocycles. The summed E-state index contributed by atoms with van der Waals surface area (Å²) in [5, 5.41) is 9.17. The highest BCUT2D eigenvalue weighted by Gasteiger charge is 2.15. The van der Waals surface area contributed by atoms with Crippen LogP contribution >= 0.6 is 0 Å². The number of pyridine rings is 1. The molecule has 0 aliphatic rings. The van der Waals surface area contributed by atoms with Crippen molar-refractivity contribution in [1.29, 1.82) is 0 Å². The monoisotopic (exact) mass is 233 g/mol. The first-order valence-corrected chi connectivity index (χ1v) is 4.98. The van der Waals surface area contributed by atoms with Crippen LogP contribution in [0.15, 0.2) is 23.1 Å². The summed E-state index contributed by atoms with van der Waals surface area (Å²) in [5.41, 5.74) is 0.627. The maximum absolute atomic E-state index is 12.0. The highest BCUT2D eigenvalue weighted by molar-refractivity contribution is 5.95. The third-order valence-electron chi connectivity index (χ3n) is 2.66. The first kappa shape index (κ1) is 11.2. The van der Waals surface area contributed by atoms with Crippen molar-refractivity contribution in [1.82, 2.24) is 4.98 Å². The maximum Gasteiger partial charge on any atom is 0.341 e. The number of hydrogen-bond donors (Lipinski definition) is 2. The highest BCUT2D eigenvalue weighted by Crippen LogP contribution is 2.23. The predicted octanol–water partition coefficient (Wildman–Crippen LogP) is 1.54. The van der Waals surface area contributed by atoms with Crippen molar-refractivity contribution in [3.05, 3.63) is 39.7 Å².